The minimum atomic E-state index is -3.45. The van der Waals surface area contributed by atoms with Gasteiger partial charge in [-0.15, -0.1) is 0 Å². The van der Waals surface area contributed by atoms with Crippen molar-refractivity contribution in [2.45, 2.75) is 31.7 Å². The summed E-state index contributed by atoms with van der Waals surface area (Å²) in [4.78, 5) is 2.03. The highest BCUT2D eigenvalue weighted by Gasteiger charge is 2.28. The molecule has 5 nitrogen and oxygen atoms in total. The van der Waals surface area contributed by atoms with Crippen molar-refractivity contribution in [2.24, 2.45) is 5.41 Å². The molecule has 0 aliphatic carbocycles. The number of rotatable bonds is 6. The molecule has 1 atom stereocenters. The summed E-state index contributed by atoms with van der Waals surface area (Å²) < 4.78 is 24.7. The van der Waals surface area contributed by atoms with Crippen LogP contribution in [0.2, 0.25) is 0 Å². The maximum absolute atomic E-state index is 12.4. The highest BCUT2D eigenvalue weighted by Crippen LogP contribution is 2.23. The van der Waals surface area contributed by atoms with Gasteiger partial charge in [0.05, 0.1) is 28.9 Å². The Labute approximate surface area is 133 Å². The molecule has 1 N–H and O–H groups in total. The lowest BCUT2D eigenvalue weighted by Crippen LogP contribution is -2.46. The average Bonchev–Trinajstić information content (AvgIpc) is 2.44. The van der Waals surface area contributed by atoms with Crippen LogP contribution >= 0.6 is 0 Å². The van der Waals surface area contributed by atoms with Crippen LogP contribution in [0.5, 0.6) is 0 Å². The van der Waals surface area contributed by atoms with Crippen molar-refractivity contribution in [1.82, 2.24) is 4.90 Å². The van der Waals surface area contributed by atoms with Gasteiger partial charge >= 0.3 is 0 Å². The summed E-state index contributed by atoms with van der Waals surface area (Å²) in [6, 6.07) is 7.87. The molecule has 0 saturated carbocycles. The molecule has 0 aliphatic heterocycles. The second kappa shape index (κ2) is 7.23. The summed E-state index contributed by atoms with van der Waals surface area (Å²) in [5.41, 5.74) is 0.186. The number of likely N-dealkylation sites (N-methyl/N-ethyl adjacent to an activating group) is 1. The van der Waals surface area contributed by atoms with Crippen LogP contribution in [0.15, 0.2) is 29.2 Å². The molecule has 0 saturated heterocycles. The molecule has 0 fully saturated rings. The monoisotopic (exact) mass is 324 g/mol. The predicted molar refractivity (Wildman–Crippen MR) is 86.2 cm³/mol. The van der Waals surface area contributed by atoms with Crippen molar-refractivity contribution in [1.29, 1.82) is 5.26 Å². The molecule has 0 aromatic heterocycles. The second-order valence-corrected chi connectivity index (χ2v) is 8.61. The van der Waals surface area contributed by atoms with E-state index in [1.54, 1.807) is 12.1 Å². The van der Waals surface area contributed by atoms with E-state index in [1.807, 2.05) is 38.8 Å². The molecule has 0 bridgehead atoms. The maximum Gasteiger partial charge on any atom is 0.179 e. The van der Waals surface area contributed by atoms with E-state index in [4.69, 9.17) is 5.26 Å². The van der Waals surface area contributed by atoms with Crippen LogP contribution in [0.3, 0.4) is 0 Å². The Kier molecular flexibility index (Phi) is 6.12. The normalized spacial score (nSPS) is 13.9. The molecule has 1 rings (SSSR count). The molecule has 0 radical (unpaired) electrons. The Morgan fingerprint density at radius 1 is 1.36 bits per heavy atom. The van der Waals surface area contributed by atoms with Crippen LogP contribution in [0, 0.1) is 16.7 Å². The summed E-state index contributed by atoms with van der Waals surface area (Å²) in [6.07, 6.45) is 0. The minimum Gasteiger partial charge on any atom is -0.395 e. The number of nitrogens with zero attached hydrogens (tertiary/aromatic N) is 2. The zero-order valence-corrected chi connectivity index (χ0v) is 14.4. The average molecular weight is 324 g/mol. The predicted octanol–water partition coefficient (Wildman–Crippen LogP) is 1.67. The van der Waals surface area contributed by atoms with E-state index in [0.29, 0.717) is 12.1 Å². The number of sulfone groups is 1. The third kappa shape index (κ3) is 4.80. The highest BCUT2D eigenvalue weighted by molar-refractivity contribution is 7.91. The van der Waals surface area contributed by atoms with E-state index in [2.05, 4.69) is 0 Å². The zero-order chi connectivity index (χ0) is 17.0. The van der Waals surface area contributed by atoms with Crippen molar-refractivity contribution in [3.63, 3.8) is 0 Å². The lowest BCUT2D eigenvalue weighted by Gasteiger charge is -2.36. The van der Waals surface area contributed by atoms with Crippen molar-refractivity contribution in [2.75, 3.05) is 26.0 Å². The number of benzene rings is 1. The van der Waals surface area contributed by atoms with Gasteiger partial charge in [-0.1, -0.05) is 26.8 Å². The van der Waals surface area contributed by atoms with Gasteiger partial charge < -0.3 is 5.11 Å². The molecule has 1 unspecified atom stereocenters. The first-order valence-corrected chi connectivity index (χ1v) is 8.81. The lowest BCUT2D eigenvalue weighted by molar-refractivity contribution is 0.0703. The standard InChI is InChI=1S/C16H24N2O3S/c1-16(2,3)15(12-19)18(4)8-9-22(20,21)14-7-5-6-13(10-14)11-17/h5-7,10,15,19H,8-9,12H2,1-4H3. The molecule has 1 aromatic carbocycles. The number of hydrogen-bond acceptors (Lipinski definition) is 5. The first-order valence-electron chi connectivity index (χ1n) is 7.16. The topological polar surface area (TPSA) is 81.4 Å². The highest BCUT2D eigenvalue weighted by atomic mass is 32.2. The fourth-order valence-corrected chi connectivity index (χ4v) is 3.73. The SMILES string of the molecule is CN(CCS(=O)(=O)c1cccc(C#N)c1)C(CO)C(C)(C)C. The van der Waals surface area contributed by atoms with Crippen LogP contribution in [0.25, 0.3) is 0 Å². The van der Waals surface area contributed by atoms with Gasteiger partial charge in [-0.25, -0.2) is 8.42 Å². The van der Waals surface area contributed by atoms with E-state index in [0.717, 1.165) is 0 Å². The Morgan fingerprint density at radius 3 is 2.50 bits per heavy atom. The van der Waals surface area contributed by atoms with Gasteiger partial charge in [-0.05, 0) is 30.7 Å². The smallest absolute Gasteiger partial charge is 0.179 e. The fraction of sp³-hybridized carbons (Fsp3) is 0.562. The van der Waals surface area contributed by atoms with E-state index >= 15 is 0 Å². The summed E-state index contributed by atoms with van der Waals surface area (Å²) in [5.74, 6) is -0.0506. The van der Waals surface area contributed by atoms with Crippen molar-refractivity contribution >= 4 is 9.84 Å². The van der Waals surface area contributed by atoms with Crippen LogP contribution in [-0.4, -0.2) is 50.4 Å². The molecule has 22 heavy (non-hydrogen) atoms. The van der Waals surface area contributed by atoms with Crippen molar-refractivity contribution in [3.8, 4) is 6.07 Å². The van der Waals surface area contributed by atoms with Crippen LogP contribution in [0.4, 0.5) is 0 Å². The van der Waals surface area contributed by atoms with Crippen LogP contribution in [0.1, 0.15) is 26.3 Å². The third-order valence-electron chi connectivity index (χ3n) is 3.74. The van der Waals surface area contributed by atoms with Gasteiger partial charge in [0.15, 0.2) is 9.84 Å². The number of hydrogen-bond donors (Lipinski definition) is 1. The largest absolute Gasteiger partial charge is 0.395 e. The molecule has 6 heteroatoms. The van der Waals surface area contributed by atoms with Gasteiger partial charge in [0.25, 0.3) is 0 Å². The Bertz CT molecular complexity index is 642. The van der Waals surface area contributed by atoms with Gasteiger partial charge in [-0.2, -0.15) is 5.26 Å². The molecule has 0 aliphatic rings. The molecule has 0 amide bonds. The molecule has 1 aromatic rings. The van der Waals surface area contributed by atoms with Gasteiger partial charge in [0.2, 0.25) is 0 Å². The summed E-state index contributed by atoms with van der Waals surface area (Å²) in [5, 5.41) is 18.4. The number of aliphatic hydroxyl groups excluding tert-OH is 1. The molecule has 0 spiro atoms. The first kappa shape index (κ1) is 18.6. The van der Waals surface area contributed by atoms with Crippen LogP contribution < -0.4 is 0 Å². The lowest BCUT2D eigenvalue weighted by atomic mass is 9.86. The van der Waals surface area contributed by atoms with Gasteiger partial charge in [-0.3, -0.25) is 4.90 Å². The molecule has 0 heterocycles. The van der Waals surface area contributed by atoms with Gasteiger partial charge in [0, 0.05) is 12.6 Å². The third-order valence-corrected chi connectivity index (χ3v) is 5.43. The van der Waals surface area contributed by atoms with E-state index in [9.17, 15) is 13.5 Å². The Hall–Kier alpha value is -1.42. The summed E-state index contributed by atoms with van der Waals surface area (Å²) in [6.45, 7) is 6.32. The molecular weight excluding hydrogens is 300 g/mol. The Morgan fingerprint density at radius 2 is 2.00 bits per heavy atom. The summed E-state index contributed by atoms with van der Waals surface area (Å²) >= 11 is 0. The van der Waals surface area contributed by atoms with Crippen LogP contribution in [-0.2, 0) is 9.84 Å². The van der Waals surface area contributed by atoms with Gasteiger partial charge in [0.1, 0.15) is 0 Å². The van der Waals surface area contributed by atoms with Crippen molar-refractivity contribution < 1.29 is 13.5 Å². The Balaban J connectivity index is 2.84. The number of aliphatic hydroxyl groups is 1. The first-order chi connectivity index (χ1) is 10.1. The van der Waals surface area contributed by atoms with E-state index < -0.39 is 9.84 Å². The van der Waals surface area contributed by atoms with Crippen molar-refractivity contribution in [3.05, 3.63) is 29.8 Å². The second-order valence-electron chi connectivity index (χ2n) is 6.50. The fourth-order valence-electron chi connectivity index (χ4n) is 2.37. The minimum absolute atomic E-state index is 0.0238. The molecule has 122 valence electrons. The molecular formula is C16H24N2O3S. The van der Waals surface area contributed by atoms with E-state index in [-0.39, 0.29) is 28.7 Å². The summed E-state index contributed by atoms with van der Waals surface area (Å²) in [7, 11) is -1.64. The maximum atomic E-state index is 12.4. The van der Waals surface area contributed by atoms with E-state index in [1.165, 1.54) is 12.1 Å². The number of nitriles is 1. The zero-order valence-electron chi connectivity index (χ0n) is 13.6. The quantitative estimate of drug-likeness (QED) is 0.861.